The van der Waals surface area contributed by atoms with E-state index in [9.17, 15) is 4.79 Å². The first-order chi connectivity index (χ1) is 14.2. The zero-order valence-electron chi connectivity index (χ0n) is 16.6. The highest BCUT2D eigenvalue weighted by Gasteiger charge is 2.19. The fraction of sp³-hybridized carbons (Fsp3) is 0.348. The Morgan fingerprint density at radius 1 is 1.10 bits per heavy atom. The molecule has 2 aliphatic heterocycles. The van der Waals surface area contributed by atoms with Crippen LogP contribution >= 0.6 is 0 Å². The van der Waals surface area contributed by atoms with E-state index < -0.39 is 0 Å². The molecule has 0 spiro atoms. The van der Waals surface area contributed by atoms with E-state index in [0.29, 0.717) is 5.75 Å². The molecule has 6 heteroatoms. The summed E-state index contributed by atoms with van der Waals surface area (Å²) in [5.41, 5.74) is 3.20. The van der Waals surface area contributed by atoms with Gasteiger partial charge in [-0.05, 0) is 36.3 Å². The van der Waals surface area contributed by atoms with Crippen molar-refractivity contribution >= 4 is 12.0 Å². The van der Waals surface area contributed by atoms with Gasteiger partial charge in [0.25, 0.3) is 0 Å². The van der Waals surface area contributed by atoms with Crippen LogP contribution < -0.4 is 14.8 Å². The molecule has 4 rings (SSSR count). The number of rotatable bonds is 6. The molecule has 1 N–H and O–H groups in total. The Kier molecular flexibility index (Phi) is 6.12. The highest BCUT2D eigenvalue weighted by atomic mass is 16.7. The summed E-state index contributed by atoms with van der Waals surface area (Å²) in [6, 6.07) is 13.9. The Labute approximate surface area is 171 Å². The van der Waals surface area contributed by atoms with Gasteiger partial charge in [0.2, 0.25) is 12.7 Å². The molecule has 2 aromatic carbocycles. The first-order valence-corrected chi connectivity index (χ1v) is 9.92. The van der Waals surface area contributed by atoms with Gasteiger partial charge in [0.1, 0.15) is 0 Å². The number of fused-ring (bicyclic) bond motifs is 1. The maximum Gasteiger partial charge on any atom is 0.244 e. The number of nitrogens with one attached hydrogen (secondary N) is 1. The van der Waals surface area contributed by atoms with Gasteiger partial charge in [0.05, 0.1) is 19.3 Å². The van der Waals surface area contributed by atoms with Crippen LogP contribution in [0.25, 0.3) is 6.08 Å². The van der Waals surface area contributed by atoms with Gasteiger partial charge in [-0.15, -0.1) is 0 Å². The Morgan fingerprint density at radius 3 is 2.66 bits per heavy atom. The summed E-state index contributed by atoms with van der Waals surface area (Å²) in [6.45, 7) is 6.29. The zero-order valence-corrected chi connectivity index (χ0v) is 16.6. The van der Waals surface area contributed by atoms with Crippen LogP contribution in [0.2, 0.25) is 0 Å². The van der Waals surface area contributed by atoms with Crippen molar-refractivity contribution in [3.05, 3.63) is 65.2 Å². The van der Waals surface area contributed by atoms with Gasteiger partial charge in [-0.2, -0.15) is 0 Å². The minimum Gasteiger partial charge on any atom is -0.454 e. The van der Waals surface area contributed by atoms with Crippen LogP contribution in [0.15, 0.2) is 48.5 Å². The monoisotopic (exact) mass is 394 g/mol. The molecule has 0 bridgehead atoms. The molecule has 2 aliphatic rings. The van der Waals surface area contributed by atoms with E-state index in [4.69, 9.17) is 14.2 Å². The summed E-state index contributed by atoms with van der Waals surface area (Å²) >= 11 is 0. The van der Waals surface area contributed by atoms with E-state index in [0.717, 1.165) is 49.7 Å². The maximum absolute atomic E-state index is 12.6. The average Bonchev–Trinajstić information content (AvgIpc) is 3.21. The molecule has 1 amide bonds. The third-order valence-corrected chi connectivity index (χ3v) is 5.16. The van der Waals surface area contributed by atoms with Crippen LogP contribution in [-0.4, -0.2) is 50.4 Å². The normalized spacial score (nSPS) is 17.4. The van der Waals surface area contributed by atoms with Gasteiger partial charge in [-0.1, -0.05) is 35.9 Å². The van der Waals surface area contributed by atoms with Crippen molar-refractivity contribution in [2.75, 3.05) is 39.6 Å². The number of hydrogen-bond acceptors (Lipinski definition) is 5. The number of nitrogens with zero attached hydrogens (tertiary/aromatic N) is 1. The van der Waals surface area contributed by atoms with Gasteiger partial charge in [0.15, 0.2) is 11.5 Å². The summed E-state index contributed by atoms with van der Waals surface area (Å²) in [7, 11) is 0. The van der Waals surface area contributed by atoms with E-state index in [1.807, 2.05) is 18.2 Å². The van der Waals surface area contributed by atoms with Crippen molar-refractivity contribution in [3.63, 3.8) is 0 Å². The first-order valence-electron chi connectivity index (χ1n) is 9.92. The lowest BCUT2D eigenvalue weighted by Crippen LogP contribution is -2.42. The maximum atomic E-state index is 12.6. The molecule has 0 aliphatic carbocycles. The third-order valence-electron chi connectivity index (χ3n) is 5.16. The minimum atomic E-state index is -0.124. The second-order valence-electron chi connectivity index (χ2n) is 7.33. The number of carbonyl (C=O) groups is 1. The Hall–Kier alpha value is -2.83. The van der Waals surface area contributed by atoms with Gasteiger partial charge >= 0.3 is 0 Å². The predicted molar refractivity (Wildman–Crippen MR) is 111 cm³/mol. The Morgan fingerprint density at radius 2 is 1.86 bits per heavy atom. The van der Waals surface area contributed by atoms with E-state index in [2.05, 4.69) is 41.4 Å². The molecular formula is C23H26N2O4. The number of aryl methyl sites for hydroxylation is 1. The smallest absolute Gasteiger partial charge is 0.244 e. The minimum absolute atomic E-state index is 0.0809. The summed E-state index contributed by atoms with van der Waals surface area (Å²) in [5.74, 6) is 1.32. The van der Waals surface area contributed by atoms with E-state index >= 15 is 0 Å². The molecule has 2 aromatic rings. The van der Waals surface area contributed by atoms with Crippen LogP contribution in [0.5, 0.6) is 11.5 Å². The number of carbonyl (C=O) groups excluding carboxylic acids is 1. The predicted octanol–water partition coefficient (Wildman–Crippen LogP) is 2.93. The summed E-state index contributed by atoms with van der Waals surface area (Å²) in [6.07, 6.45) is 3.36. The van der Waals surface area contributed by atoms with Crippen molar-refractivity contribution in [2.45, 2.75) is 13.0 Å². The summed E-state index contributed by atoms with van der Waals surface area (Å²) in [5, 5.41) is 3.16. The van der Waals surface area contributed by atoms with Crippen molar-refractivity contribution in [1.82, 2.24) is 10.2 Å². The molecule has 6 nitrogen and oxygen atoms in total. The third kappa shape index (κ3) is 5.16. The first kappa shape index (κ1) is 19.5. The lowest BCUT2D eigenvalue weighted by Gasteiger charge is -2.31. The van der Waals surface area contributed by atoms with Crippen LogP contribution in [-0.2, 0) is 9.53 Å². The van der Waals surface area contributed by atoms with E-state index in [1.54, 1.807) is 12.2 Å². The second kappa shape index (κ2) is 9.11. The number of hydrogen-bond donors (Lipinski definition) is 1. The molecule has 152 valence electrons. The molecule has 1 saturated heterocycles. The molecule has 0 saturated carbocycles. The molecule has 29 heavy (non-hydrogen) atoms. The van der Waals surface area contributed by atoms with Crippen molar-refractivity contribution in [2.24, 2.45) is 0 Å². The number of benzene rings is 2. The molecule has 2 heterocycles. The Balaban J connectivity index is 1.44. The van der Waals surface area contributed by atoms with Gasteiger partial charge in [-0.25, -0.2) is 0 Å². The summed E-state index contributed by atoms with van der Waals surface area (Å²) in [4.78, 5) is 15.0. The molecular weight excluding hydrogens is 368 g/mol. The average molecular weight is 394 g/mol. The second-order valence-corrected chi connectivity index (χ2v) is 7.33. The van der Waals surface area contributed by atoms with E-state index in [-0.39, 0.29) is 18.7 Å². The van der Waals surface area contributed by atoms with E-state index in [1.165, 1.54) is 5.56 Å². The van der Waals surface area contributed by atoms with Gasteiger partial charge in [0, 0.05) is 25.7 Å². The number of morpholine rings is 1. The zero-order chi connectivity index (χ0) is 20.1. The standard InChI is InChI=1S/C23H26N2O4/c1-17-2-6-19(7-3-17)20(15-25-10-12-27-13-11-25)24-23(26)9-5-18-4-8-21-22(14-18)29-16-28-21/h2-9,14,20H,10-13,15-16H2,1H3,(H,24,26)/b9-5+/t20-/m1/s1. The molecule has 0 aromatic heterocycles. The fourth-order valence-electron chi connectivity index (χ4n) is 3.48. The SMILES string of the molecule is Cc1ccc([C@@H](CN2CCOCC2)NC(=O)/C=C/c2ccc3c(c2)OCO3)cc1. The lowest BCUT2D eigenvalue weighted by molar-refractivity contribution is -0.117. The number of ether oxygens (including phenoxy) is 3. The molecule has 0 radical (unpaired) electrons. The van der Waals surface area contributed by atoms with Crippen molar-refractivity contribution < 1.29 is 19.0 Å². The van der Waals surface area contributed by atoms with Crippen molar-refractivity contribution in [3.8, 4) is 11.5 Å². The van der Waals surface area contributed by atoms with Crippen LogP contribution in [0.4, 0.5) is 0 Å². The highest BCUT2D eigenvalue weighted by molar-refractivity contribution is 5.92. The summed E-state index contributed by atoms with van der Waals surface area (Å²) < 4.78 is 16.2. The lowest BCUT2D eigenvalue weighted by atomic mass is 10.0. The largest absolute Gasteiger partial charge is 0.454 e. The van der Waals surface area contributed by atoms with Crippen LogP contribution in [0, 0.1) is 6.92 Å². The topological polar surface area (TPSA) is 60.0 Å². The molecule has 0 unspecified atom stereocenters. The van der Waals surface area contributed by atoms with Crippen LogP contribution in [0.3, 0.4) is 0 Å². The van der Waals surface area contributed by atoms with Crippen LogP contribution in [0.1, 0.15) is 22.7 Å². The molecule has 1 fully saturated rings. The Bertz CT molecular complexity index is 873. The highest BCUT2D eigenvalue weighted by Crippen LogP contribution is 2.32. The molecule has 1 atom stereocenters. The van der Waals surface area contributed by atoms with Gasteiger partial charge < -0.3 is 19.5 Å². The fourth-order valence-corrected chi connectivity index (χ4v) is 3.48. The van der Waals surface area contributed by atoms with Gasteiger partial charge in [-0.3, -0.25) is 9.69 Å². The van der Waals surface area contributed by atoms with Crippen molar-refractivity contribution in [1.29, 1.82) is 0 Å². The quantitative estimate of drug-likeness (QED) is 0.764. The number of amides is 1.